The Hall–Kier alpha value is -2.89. The fraction of sp³-hybridized carbons (Fsp3) is 0.300. The van der Waals surface area contributed by atoms with Gasteiger partial charge in [0.05, 0.1) is 19.2 Å². The van der Waals surface area contributed by atoms with Crippen LogP contribution in [-0.4, -0.2) is 36.4 Å². The summed E-state index contributed by atoms with van der Waals surface area (Å²) in [7, 11) is 1.60. The molecular weight excluding hydrogens is 335 g/mol. The Morgan fingerprint density at radius 2 is 1.85 bits per heavy atom. The number of amides is 2. The van der Waals surface area contributed by atoms with Crippen molar-refractivity contribution in [1.29, 1.82) is 0 Å². The predicted molar refractivity (Wildman–Crippen MR) is 95.3 cm³/mol. The van der Waals surface area contributed by atoms with Crippen molar-refractivity contribution >= 4 is 11.8 Å². The van der Waals surface area contributed by atoms with Gasteiger partial charge in [0, 0.05) is 12.6 Å². The SMILES string of the molecule is COc1ccc(CN(C(=O)CNC(=O)c2ccccc2F)C2CC2)cc1. The predicted octanol–water partition coefficient (Wildman–Crippen LogP) is 2.76. The molecule has 1 aliphatic carbocycles. The number of benzene rings is 2. The minimum absolute atomic E-state index is 0.0616. The first-order chi connectivity index (χ1) is 12.6. The van der Waals surface area contributed by atoms with Crippen molar-refractivity contribution in [3.8, 4) is 5.75 Å². The summed E-state index contributed by atoms with van der Waals surface area (Å²) in [6, 6.07) is 13.5. The van der Waals surface area contributed by atoms with E-state index in [1.807, 2.05) is 24.3 Å². The molecule has 5 nitrogen and oxygen atoms in total. The largest absolute Gasteiger partial charge is 0.497 e. The summed E-state index contributed by atoms with van der Waals surface area (Å²) < 4.78 is 18.8. The summed E-state index contributed by atoms with van der Waals surface area (Å²) in [4.78, 5) is 26.4. The lowest BCUT2D eigenvalue weighted by Gasteiger charge is -2.23. The van der Waals surface area contributed by atoms with Crippen LogP contribution in [0.4, 0.5) is 4.39 Å². The van der Waals surface area contributed by atoms with E-state index in [9.17, 15) is 14.0 Å². The number of ether oxygens (including phenoxy) is 1. The van der Waals surface area contributed by atoms with E-state index in [1.165, 1.54) is 18.2 Å². The Labute approximate surface area is 151 Å². The average Bonchev–Trinajstić information content (AvgIpc) is 3.50. The Morgan fingerprint density at radius 3 is 2.46 bits per heavy atom. The molecule has 0 radical (unpaired) electrons. The van der Waals surface area contributed by atoms with Gasteiger partial charge in [0.1, 0.15) is 11.6 Å². The van der Waals surface area contributed by atoms with E-state index >= 15 is 0 Å². The molecular formula is C20H21FN2O3. The molecule has 6 heteroatoms. The molecule has 0 atom stereocenters. The van der Waals surface area contributed by atoms with Crippen molar-refractivity contribution in [2.75, 3.05) is 13.7 Å². The fourth-order valence-electron chi connectivity index (χ4n) is 2.73. The van der Waals surface area contributed by atoms with Crippen molar-refractivity contribution in [2.45, 2.75) is 25.4 Å². The van der Waals surface area contributed by atoms with E-state index in [1.54, 1.807) is 18.1 Å². The van der Waals surface area contributed by atoms with Gasteiger partial charge in [0.25, 0.3) is 5.91 Å². The van der Waals surface area contributed by atoms with Crippen LogP contribution in [0.3, 0.4) is 0 Å². The second-order valence-corrected chi connectivity index (χ2v) is 6.26. The van der Waals surface area contributed by atoms with E-state index < -0.39 is 11.7 Å². The maximum absolute atomic E-state index is 13.6. The van der Waals surface area contributed by atoms with Gasteiger partial charge in [0.15, 0.2) is 0 Å². The smallest absolute Gasteiger partial charge is 0.254 e. The van der Waals surface area contributed by atoms with Crippen molar-refractivity contribution in [3.63, 3.8) is 0 Å². The van der Waals surface area contributed by atoms with E-state index in [0.717, 1.165) is 24.2 Å². The first kappa shape index (κ1) is 17.9. The molecule has 1 saturated carbocycles. The standard InChI is InChI=1S/C20H21FN2O3/c1-26-16-10-6-14(7-11-16)13-23(15-8-9-15)19(24)12-22-20(25)17-4-2-3-5-18(17)21/h2-7,10-11,15H,8-9,12-13H2,1H3,(H,22,25). The van der Waals surface area contributed by atoms with Gasteiger partial charge < -0.3 is 15.0 Å². The summed E-state index contributed by atoms with van der Waals surface area (Å²) in [5, 5.41) is 2.52. The van der Waals surface area contributed by atoms with Crippen LogP contribution in [0.2, 0.25) is 0 Å². The minimum atomic E-state index is -0.602. The maximum Gasteiger partial charge on any atom is 0.254 e. The summed E-state index contributed by atoms with van der Waals surface area (Å²) in [6.07, 6.45) is 1.92. The number of halogens is 1. The van der Waals surface area contributed by atoms with Gasteiger partial charge in [-0.1, -0.05) is 24.3 Å². The van der Waals surface area contributed by atoms with Gasteiger partial charge in [-0.25, -0.2) is 4.39 Å². The van der Waals surface area contributed by atoms with Gasteiger partial charge in [-0.2, -0.15) is 0 Å². The second kappa shape index (κ2) is 7.99. The normalized spacial score (nSPS) is 13.2. The van der Waals surface area contributed by atoms with Crippen LogP contribution in [0.1, 0.15) is 28.8 Å². The Morgan fingerprint density at radius 1 is 1.15 bits per heavy atom. The highest BCUT2D eigenvalue weighted by Crippen LogP contribution is 2.28. The molecule has 0 aromatic heterocycles. The average molecular weight is 356 g/mol. The number of nitrogens with one attached hydrogen (secondary N) is 1. The molecule has 1 aliphatic rings. The molecule has 0 spiro atoms. The third-order valence-electron chi connectivity index (χ3n) is 4.34. The third-order valence-corrected chi connectivity index (χ3v) is 4.34. The topological polar surface area (TPSA) is 58.6 Å². The molecule has 0 bridgehead atoms. The van der Waals surface area contributed by atoms with Crippen LogP contribution in [0.15, 0.2) is 48.5 Å². The van der Waals surface area contributed by atoms with Crippen molar-refractivity contribution in [3.05, 3.63) is 65.5 Å². The van der Waals surface area contributed by atoms with E-state index in [0.29, 0.717) is 6.54 Å². The molecule has 2 aromatic carbocycles. The van der Waals surface area contributed by atoms with Crippen molar-refractivity contribution < 1.29 is 18.7 Å². The molecule has 0 aliphatic heterocycles. The number of methoxy groups -OCH3 is 1. The molecule has 26 heavy (non-hydrogen) atoms. The second-order valence-electron chi connectivity index (χ2n) is 6.26. The lowest BCUT2D eigenvalue weighted by Crippen LogP contribution is -2.41. The van der Waals surface area contributed by atoms with E-state index in [2.05, 4.69) is 5.32 Å². The molecule has 1 fully saturated rings. The van der Waals surface area contributed by atoms with Crippen LogP contribution >= 0.6 is 0 Å². The van der Waals surface area contributed by atoms with Gasteiger partial charge in [-0.05, 0) is 42.7 Å². The Balaban J connectivity index is 1.60. The third kappa shape index (κ3) is 4.39. The quantitative estimate of drug-likeness (QED) is 0.830. The number of rotatable bonds is 7. The zero-order chi connectivity index (χ0) is 18.5. The highest BCUT2D eigenvalue weighted by atomic mass is 19.1. The monoisotopic (exact) mass is 356 g/mol. The zero-order valence-corrected chi connectivity index (χ0v) is 14.6. The van der Waals surface area contributed by atoms with Crippen LogP contribution in [0.5, 0.6) is 5.75 Å². The first-order valence-electron chi connectivity index (χ1n) is 8.53. The Bertz CT molecular complexity index is 788. The first-order valence-corrected chi connectivity index (χ1v) is 8.53. The molecule has 2 amide bonds. The fourth-order valence-corrected chi connectivity index (χ4v) is 2.73. The van der Waals surface area contributed by atoms with E-state index in [4.69, 9.17) is 4.74 Å². The van der Waals surface area contributed by atoms with Crippen LogP contribution in [0, 0.1) is 5.82 Å². The molecule has 0 unspecified atom stereocenters. The highest BCUT2D eigenvalue weighted by Gasteiger charge is 2.32. The molecule has 1 N–H and O–H groups in total. The van der Waals surface area contributed by atoms with Crippen LogP contribution in [0.25, 0.3) is 0 Å². The van der Waals surface area contributed by atoms with Crippen molar-refractivity contribution in [2.24, 2.45) is 0 Å². The summed E-state index contributed by atoms with van der Waals surface area (Å²) >= 11 is 0. The molecule has 136 valence electrons. The van der Waals surface area contributed by atoms with Crippen LogP contribution < -0.4 is 10.1 Å². The summed E-state index contributed by atoms with van der Waals surface area (Å²) in [5.41, 5.74) is 0.930. The van der Waals surface area contributed by atoms with E-state index in [-0.39, 0.29) is 24.1 Å². The van der Waals surface area contributed by atoms with Gasteiger partial charge in [-0.3, -0.25) is 9.59 Å². The number of hydrogen-bond acceptors (Lipinski definition) is 3. The number of hydrogen-bond donors (Lipinski definition) is 1. The van der Waals surface area contributed by atoms with Gasteiger partial charge >= 0.3 is 0 Å². The van der Waals surface area contributed by atoms with Gasteiger partial charge in [0.2, 0.25) is 5.91 Å². The highest BCUT2D eigenvalue weighted by molar-refractivity contribution is 5.96. The van der Waals surface area contributed by atoms with Gasteiger partial charge in [-0.15, -0.1) is 0 Å². The molecule has 0 saturated heterocycles. The molecule has 2 aromatic rings. The van der Waals surface area contributed by atoms with Crippen molar-refractivity contribution in [1.82, 2.24) is 10.2 Å². The van der Waals surface area contributed by atoms with Crippen LogP contribution in [-0.2, 0) is 11.3 Å². The maximum atomic E-state index is 13.6. The number of carbonyl (C=O) groups excluding carboxylic acids is 2. The Kier molecular flexibility index (Phi) is 5.51. The summed E-state index contributed by atoms with van der Waals surface area (Å²) in [5.74, 6) is -0.602. The zero-order valence-electron chi connectivity index (χ0n) is 14.6. The lowest BCUT2D eigenvalue weighted by atomic mass is 10.2. The molecule has 0 heterocycles. The minimum Gasteiger partial charge on any atom is -0.497 e. The lowest BCUT2D eigenvalue weighted by molar-refractivity contribution is -0.131. The number of nitrogens with zero attached hydrogens (tertiary/aromatic N) is 1. The number of carbonyl (C=O) groups is 2. The summed E-state index contributed by atoms with van der Waals surface area (Å²) in [6.45, 7) is 0.322. The molecule has 3 rings (SSSR count).